The second kappa shape index (κ2) is 10.3. The molecule has 35 heavy (non-hydrogen) atoms. The second-order valence-corrected chi connectivity index (χ2v) is 8.16. The monoisotopic (exact) mass is 477 g/mol. The number of piperidine rings is 2. The smallest absolute Gasteiger partial charge is 0.305 e. The molecule has 4 rings (SSSR count). The van der Waals surface area contributed by atoms with Crippen LogP contribution in [0.1, 0.15) is 25.7 Å². The van der Waals surface area contributed by atoms with E-state index in [0.29, 0.717) is 30.2 Å². The van der Waals surface area contributed by atoms with E-state index in [0.717, 1.165) is 18.5 Å². The number of primary amides is 1. The Labute approximate surface area is 202 Å². The number of benzene rings is 2. The average Bonchev–Trinajstić information content (AvgIpc) is 2.87. The molecule has 0 atom stereocenters. The van der Waals surface area contributed by atoms with Crippen LogP contribution in [0.2, 0.25) is 0 Å². The normalized spacial score (nSPS) is 19.1. The fourth-order valence-corrected chi connectivity index (χ4v) is 3.97. The SMILES string of the molecule is COc1ccc(N=C2C(=O)N(Oc3ccc(N4CCCCC4=O)cc3)CCC2=C(N)C(N)=O)cc1. The van der Waals surface area contributed by atoms with E-state index in [1.165, 1.54) is 5.06 Å². The number of anilines is 1. The molecule has 2 aromatic rings. The predicted molar refractivity (Wildman–Crippen MR) is 130 cm³/mol. The maximum atomic E-state index is 13.3. The number of nitrogens with two attached hydrogens (primary N) is 2. The highest BCUT2D eigenvalue weighted by atomic mass is 16.7. The van der Waals surface area contributed by atoms with Gasteiger partial charge in [0.05, 0.1) is 19.3 Å². The number of carbonyl (C=O) groups excluding carboxylic acids is 3. The Morgan fingerprint density at radius 2 is 1.60 bits per heavy atom. The Bertz CT molecular complexity index is 1190. The van der Waals surface area contributed by atoms with Crippen molar-refractivity contribution < 1.29 is 24.0 Å². The molecule has 0 radical (unpaired) electrons. The van der Waals surface area contributed by atoms with Crippen LogP contribution in [0.25, 0.3) is 0 Å². The minimum atomic E-state index is -0.826. The van der Waals surface area contributed by atoms with Gasteiger partial charge in [0.15, 0.2) is 5.75 Å². The quantitative estimate of drug-likeness (QED) is 0.611. The maximum Gasteiger partial charge on any atom is 0.305 e. The van der Waals surface area contributed by atoms with Crippen molar-refractivity contribution in [2.75, 3.05) is 25.1 Å². The number of rotatable bonds is 6. The molecule has 2 aromatic carbocycles. The zero-order chi connectivity index (χ0) is 24.9. The minimum Gasteiger partial charge on any atom is -0.497 e. The first-order valence-corrected chi connectivity index (χ1v) is 11.3. The second-order valence-electron chi connectivity index (χ2n) is 8.16. The molecule has 0 aliphatic carbocycles. The number of aliphatic imine (C=N–C) groups is 1. The van der Waals surface area contributed by atoms with Gasteiger partial charge in [0.2, 0.25) is 5.91 Å². The highest BCUT2D eigenvalue weighted by Gasteiger charge is 2.33. The van der Waals surface area contributed by atoms with Crippen molar-refractivity contribution in [3.8, 4) is 11.5 Å². The Morgan fingerprint density at radius 1 is 0.914 bits per heavy atom. The third-order valence-corrected chi connectivity index (χ3v) is 5.87. The van der Waals surface area contributed by atoms with Crippen molar-refractivity contribution in [3.05, 3.63) is 59.8 Å². The number of methoxy groups -OCH3 is 1. The van der Waals surface area contributed by atoms with E-state index in [1.54, 1.807) is 60.5 Å². The van der Waals surface area contributed by atoms with Crippen molar-refractivity contribution >= 4 is 34.8 Å². The van der Waals surface area contributed by atoms with Gasteiger partial charge in [0, 0.05) is 24.2 Å². The summed E-state index contributed by atoms with van der Waals surface area (Å²) >= 11 is 0. The minimum absolute atomic E-state index is 0.0201. The molecule has 0 saturated carbocycles. The molecule has 0 spiro atoms. The summed E-state index contributed by atoms with van der Waals surface area (Å²) in [6, 6.07) is 13.7. The number of hydrogen-bond acceptors (Lipinski definition) is 7. The molecular weight excluding hydrogens is 450 g/mol. The largest absolute Gasteiger partial charge is 0.497 e. The molecule has 2 aliphatic heterocycles. The van der Waals surface area contributed by atoms with Gasteiger partial charge in [-0.15, -0.1) is 0 Å². The maximum absolute atomic E-state index is 13.3. The predicted octanol–water partition coefficient (Wildman–Crippen LogP) is 2.21. The van der Waals surface area contributed by atoms with E-state index in [9.17, 15) is 14.4 Å². The number of carbonyl (C=O) groups is 3. The van der Waals surface area contributed by atoms with Crippen molar-refractivity contribution in [2.45, 2.75) is 25.7 Å². The highest BCUT2D eigenvalue weighted by molar-refractivity contribution is 6.46. The molecule has 2 aliphatic rings. The summed E-state index contributed by atoms with van der Waals surface area (Å²) < 4.78 is 5.15. The summed E-state index contributed by atoms with van der Waals surface area (Å²) in [5.74, 6) is -0.225. The van der Waals surface area contributed by atoms with Crippen LogP contribution in [0, 0.1) is 0 Å². The Kier molecular flexibility index (Phi) is 7.00. The van der Waals surface area contributed by atoms with Crippen molar-refractivity contribution in [2.24, 2.45) is 16.5 Å². The Balaban J connectivity index is 1.57. The van der Waals surface area contributed by atoms with Crippen molar-refractivity contribution in [3.63, 3.8) is 0 Å². The number of hydroxylamine groups is 2. The van der Waals surface area contributed by atoms with Crippen LogP contribution in [0.3, 0.4) is 0 Å². The first-order valence-electron chi connectivity index (χ1n) is 11.3. The molecule has 2 heterocycles. The van der Waals surface area contributed by atoms with Gasteiger partial charge in [-0.2, -0.15) is 5.06 Å². The van der Waals surface area contributed by atoms with Crippen LogP contribution in [-0.4, -0.2) is 48.7 Å². The first kappa shape index (κ1) is 23.8. The van der Waals surface area contributed by atoms with Crippen LogP contribution >= 0.6 is 0 Å². The molecule has 2 saturated heterocycles. The molecular formula is C25H27N5O5. The van der Waals surface area contributed by atoms with Gasteiger partial charge >= 0.3 is 5.91 Å². The standard InChI is InChI=1S/C25H27N5O5/c1-34-18-9-5-16(6-10-18)28-23-20(22(26)24(27)32)13-15-30(25(23)33)35-19-11-7-17(8-12-19)29-14-3-2-4-21(29)31/h5-12H,2-4,13-15,26H2,1H3,(H2,27,32). The van der Waals surface area contributed by atoms with Gasteiger partial charge in [-0.1, -0.05) is 0 Å². The van der Waals surface area contributed by atoms with Crippen molar-refractivity contribution in [1.29, 1.82) is 0 Å². The van der Waals surface area contributed by atoms with Gasteiger partial charge in [-0.3, -0.25) is 14.4 Å². The third-order valence-electron chi connectivity index (χ3n) is 5.87. The van der Waals surface area contributed by atoms with E-state index in [1.807, 2.05) is 0 Å². The van der Waals surface area contributed by atoms with Gasteiger partial charge < -0.3 is 25.9 Å². The summed E-state index contributed by atoms with van der Waals surface area (Å²) in [6.07, 6.45) is 2.65. The molecule has 4 N–H and O–H groups in total. The summed E-state index contributed by atoms with van der Waals surface area (Å²) in [7, 11) is 1.55. The number of amides is 3. The summed E-state index contributed by atoms with van der Waals surface area (Å²) in [4.78, 5) is 49.2. The van der Waals surface area contributed by atoms with E-state index in [-0.39, 0.29) is 35.9 Å². The fourth-order valence-electron chi connectivity index (χ4n) is 3.97. The lowest BCUT2D eigenvalue weighted by atomic mass is 9.99. The molecule has 0 bridgehead atoms. The summed E-state index contributed by atoms with van der Waals surface area (Å²) in [6.45, 7) is 0.835. The van der Waals surface area contributed by atoms with E-state index in [2.05, 4.69) is 4.99 Å². The number of hydrogen-bond donors (Lipinski definition) is 2. The zero-order valence-corrected chi connectivity index (χ0v) is 19.4. The lowest BCUT2D eigenvalue weighted by molar-refractivity contribution is -0.150. The fraction of sp³-hybridized carbons (Fsp3) is 0.280. The van der Waals surface area contributed by atoms with Crippen molar-refractivity contribution in [1.82, 2.24) is 5.06 Å². The Hall–Kier alpha value is -4.34. The van der Waals surface area contributed by atoms with E-state index in [4.69, 9.17) is 21.0 Å². The van der Waals surface area contributed by atoms with Crippen LogP contribution in [0.4, 0.5) is 11.4 Å². The summed E-state index contributed by atoms with van der Waals surface area (Å²) in [5.41, 5.74) is 12.6. The molecule has 0 unspecified atom stereocenters. The van der Waals surface area contributed by atoms with E-state index < -0.39 is 11.8 Å². The highest BCUT2D eigenvalue weighted by Crippen LogP contribution is 2.27. The topological polar surface area (TPSA) is 141 Å². The third kappa shape index (κ3) is 5.26. The molecule has 10 heteroatoms. The average molecular weight is 478 g/mol. The molecule has 10 nitrogen and oxygen atoms in total. The molecule has 3 amide bonds. The first-order chi connectivity index (χ1) is 16.9. The van der Waals surface area contributed by atoms with Crippen LogP contribution < -0.4 is 25.9 Å². The van der Waals surface area contributed by atoms with Crippen LogP contribution in [0.5, 0.6) is 11.5 Å². The van der Waals surface area contributed by atoms with Gasteiger partial charge in [-0.25, -0.2) is 4.99 Å². The number of nitrogens with zero attached hydrogens (tertiary/aromatic N) is 3. The lowest BCUT2D eigenvalue weighted by Gasteiger charge is -2.29. The van der Waals surface area contributed by atoms with Crippen LogP contribution in [-0.2, 0) is 14.4 Å². The number of ether oxygens (including phenoxy) is 1. The van der Waals surface area contributed by atoms with Crippen LogP contribution in [0.15, 0.2) is 64.8 Å². The van der Waals surface area contributed by atoms with Gasteiger partial charge in [-0.05, 0) is 67.8 Å². The van der Waals surface area contributed by atoms with Gasteiger partial charge in [0.25, 0.3) is 5.91 Å². The Morgan fingerprint density at radius 3 is 2.23 bits per heavy atom. The molecule has 2 fully saturated rings. The summed E-state index contributed by atoms with van der Waals surface area (Å²) in [5, 5.41) is 1.17. The lowest BCUT2D eigenvalue weighted by Crippen LogP contribution is -2.46. The molecule has 182 valence electrons. The van der Waals surface area contributed by atoms with E-state index >= 15 is 0 Å². The molecule has 0 aromatic heterocycles. The van der Waals surface area contributed by atoms with Gasteiger partial charge in [0.1, 0.15) is 17.2 Å². The zero-order valence-electron chi connectivity index (χ0n) is 19.4.